The van der Waals surface area contributed by atoms with Crippen molar-refractivity contribution in [2.45, 2.75) is 26.8 Å². The molecule has 0 radical (unpaired) electrons. The predicted molar refractivity (Wildman–Crippen MR) is 97.2 cm³/mol. The standard InChI is InChI=1S/C17H24N6O4/c1-11-8-22(9-16(24)18-14-6-12(2)26-20-14)4-5-23(11)10-17(25)19-15-7-13(3)27-21-15/h6-7,11H,4-5,8-10H2,1-3H3,(H,18,20,24)(H,19,21,25). The second kappa shape index (κ2) is 8.31. The van der Waals surface area contributed by atoms with Gasteiger partial charge in [-0.25, -0.2) is 0 Å². The number of aromatic nitrogens is 2. The summed E-state index contributed by atoms with van der Waals surface area (Å²) in [5.41, 5.74) is 0. The van der Waals surface area contributed by atoms with Crippen molar-refractivity contribution in [3.05, 3.63) is 23.7 Å². The molecule has 1 saturated heterocycles. The van der Waals surface area contributed by atoms with Gasteiger partial charge in [0.2, 0.25) is 11.8 Å². The first-order chi connectivity index (χ1) is 12.9. The van der Waals surface area contributed by atoms with E-state index in [1.165, 1.54) is 0 Å². The summed E-state index contributed by atoms with van der Waals surface area (Å²) >= 11 is 0. The Bertz CT molecular complexity index is 801. The molecule has 3 rings (SSSR count). The van der Waals surface area contributed by atoms with E-state index in [0.29, 0.717) is 42.8 Å². The molecule has 1 aliphatic heterocycles. The second-order valence-electron chi connectivity index (χ2n) is 6.80. The SMILES string of the molecule is Cc1cc(NC(=O)CN2CCN(CC(=O)Nc3cc(C)on3)C(C)C2)no1. The summed E-state index contributed by atoms with van der Waals surface area (Å²) in [7, 11) is 0. The maximum Gasteiger partial charge on any atom is 0.239 e. The van der Waals surface area contributed by atoms with Gasteiger partial charge in [-0.05, 0) is 20.8 Å². The quantitative estimate of drug-likeness (QED) is 0.762. The number of aryl methyl sites for hydroxylation is 2. The molecule has 3 heterocycles. The molecule has 2 aromatic rings. The first-order valence-electron chi connectivity index (χ1n) is 8.82. The predicted octanol–water partition coefficient (Wildman–Crippen LogP) is 0.863. The highest BCUT2D eigenvalue weighted by Gasteiger charge is 2.26. The fourth-order valence-electron chi connectivity index (χ4n) is 3.05. The Balaban J connectivity index is 1.43. The van der Waals surface area contributed by atoms with Crippen LogP contribution in [0, 0.1) is 13.8 Å². The second-order valence-corrected chi connectivity index (χ2v) is 6.80. The van der Waals surface area contributed by atoms with Gasteiger partial charge in [0, 0.05) is 37.8 Å². The highest BCUT2D eigenvalue weighted by molar-refractivity contribution is 5.92. The van der Waals surface area contributed by atoms with Crippen molar-refractivity contribution in [1.82, 2.24) is 20.1 Å². The van der Waals surface area contributed by atoms with Crippen LogP contribution >= 0.6 is 0 Å². The summed E-state index contributed by atoms with van der Waals surface area (Å²) in [6.45, 7) is 8.21. The van der Waals surface area contributed by atoms with Gasteiger partial charge in [0.15, 0.2) is 11.6 Å². The van der Waals surface area contributed by atoms with Crippen LogP contribution in [0.5, 0.6) is 0 Å². The van der Waals surface area contributed by atoms with E-state index in [2.05, 4.69) is 30.7 Å². The molecule has 2 amide bonds. The summed E-state index contributed by atoms with van der Waals surface area (Å²) in [6, 6.07) is 3.49. The Morgan fingerprint density at radius 2 is 1.59 bits per heavy atom. The lowest BCUT2D eigenvalue weighted by atomic mass is 10.2. The third-order valence-corrected chi connectivity index (χ3v) is 4.35. The molecule has 1 aliphatic rings. The minimum absolute atomic E-state index is 0.136. The van der Waals surface area contributed by atoms with E-state index in [-0.39, 0.29) is 30.9 Å². The molecule has 10 heteroatoms. The molecule has 0 spiro atoms. The molecule has 1 fully saturated rings. The molecule has 0 aliphatic carbocycles. The summed E-state index contributed by atoms with van der Waals surface area (Å²) < 4.78 is 9.87. The van der Waals surface area contributed by atoms with Crippen LogP contribution in [0.15, 0.2) is 21.2 Å². The van der Waals surface area contributed by atoms with Crippen LogP contribution in [-0.2, 0) is 9.59 Å². The van der Waals surface area contributed by atoms with E-state index in [0.717, 1.165) is 0 Å². The Morgan fingerprint density at radius 3 is 2.07 bits per heavy atom. The van der Waals surface area contributed by atoms with Gasteiger partial charge < -0.3 is 19.7 Å². The Hall–Kier alpha value is -2.72. The lowest BCUT2D eigenvalue weighted by Gasteiger charge is -2.39. The van der Waals surface area contributed by atoms with Crippen LogP contribution in [0.4, 0.5) is 11.6 Å². The first-order valence-corrected chi connectivity index (χ1v) is 8.82. The fourth-order valence-corrected chi connectivity index (χ4v) is 3.05. The molecule has 146 valence electrons. The summed E-state index contributed by atoms with van der Waals surface area (Å²) in [4.78, 5) is 28.4. The van der Waals surface area contributed by atoms with E-state index < -0.39 is 0 Å². The Kier molecular flexibility index (Phi) is 5.87. The van der Waals surface area contributed by atoms with Crippen LogP contribution in [0.3, 0.4) is 0 Å². The zero-order valence-electron chi connectivity index (χ0n) is 15.7. The Labute approximate surface area is 156 Å². The lowest BCUT2D eigenvalue weighted by Crippen LogP contribution is -2.54. The van der Waals surface area contributed by atoms with Crippen molar-refractivity contribution in [1.29, 1.82) is 0 Å². The van der Waals surface area contributed by atoms with Gasteiger partial charge in [-0.3, -0.25) is 19.4 Å². The number of piperazine rings is 1. The largest absolute Gasteiger partial charge is 0.360 e. The van der Waals surface area contributed by atoms with Gasteiger partial charge in [0.05, 0.1) is 13.1 Å². The molecular formula is C17H24N6O4. The zero-order chi connectivity index (χ0) is 19.4. The first kappa shape index (κ1) is 19.1. The third-order valence-electron chi connectivity index (χ3n) is 4.35. The maximum atomic E-state index is 12.2. The number of carbonyl (C=O) groups is 2. The minimum Gasteiger partial charge on any atom is -0.360 e. The van der Waals surface area contributed by atoms with Crippen LogP contribution in [0.2, 0.25) is 0 Å². The summed E-state index contributed by atoms with van der Waals surface area (Å²) in [6.07, 6.45) is 0. The summed E-state index contributed by atoms with van der Waals surface area (Å²) in [5.74, 6) is 1.86. The molecule has 2 N–H and O–H groups in total. The number of carbonyl (C=O) groups excluding carboxylic acids is 2. The molecule has 1 atom stereocenters. The molecule has 0 saturated carbocycles. The smallest absolute Gasteiger partial charge is 0.239 e. The van der Waals surface area contributed by atoms with Crippen molar-refractivity contribution in [2.75, 3.05) is 43.4 Å². The van der Waals surface area contributed by atoms with Crippen LogP contribution in [0.1, 0.15) is 18.4 Å². The normalized spacial score (nSPS) is 18.4. The molecule has 0 aromatic carbocycles. The molecular weight excluding hydrogens is 352 g/mol. The molecule has 1 unspecified atom stereocenters. The van der Waals surface area contributed by atoms with Crippen LogP contribution in [-0.4, -0.2) is 70.7 Å². The van der Waals surface area contributed by atoms with E-state index in [1.807, 2.05) is 6.92 Å². The number of nitrogens with zero attached hydrogens (tertiary/aromatic N) is 4. The Morgan fingerprint density at radius 1 is 1.04 bits per heavy atom. The van der Waals surface area contributed by atoms with Crippen molar-refractivity contribution in [3.63, 3.8) is 0 Å². The van der Waals surface area contributed by atoms with Crippen molar-refractivity contribution in [3.8, 4) is 0 Å². The maximum absolute atomic E-state index is 12.2. The highest BCUT2D eigenvalue weighted by atomic mass is 16.5. The van der Waals surface area contributed by atoms with Crippen LogP contribution in [0.25, 0.3) is 0 Å². The van der Waals surface area contributed by atoms with Gasteiger partial charge in [0.1, 0.15) is 11.5 Å². The van der Waals surface area contributed by atoms with E-state index in [4.69, 9.17) is 9.05 Å². The molecule has 27 heavy (non-hydrogen) atoms. The fraction of sp³-hybridized carbons (Fsp3) is 0.529. The van der Waals surface area contributed by atoms with E-state index in [9.17, 15) is 9.59 Å². The number of anilines is 2. The zero-order valence-corrected chi connectivity index (χ0v) is 15.7. The van der Waals surface area contributed by atoms with Crippen molar-refractivity contribution in [2.24, 2.45) is 0 Å². The van der Waals surface area contributed by atoms with Gasteiger partial charge in [-0.15, -0.1) is 0 Å². The molecule has 10 nitrogen and oxygen atoms in total. The highest BCUT2D eigenvalue weighted by Crippen LogP contribution is 2.12. The number of rotatable bonds is 6. The topological polar surface area (TPSA) is 117 Å². The minimum atomic E-state index is -0.136. The number of amides is 2. The van der Waals surface area contributed by atoms with Crippen molar-refractivity contribution < 1.29 is 18.6 Å². The average Bonchev–Trinajstić information content (AvgIpc) is 3.18. The monoisotopic (exact) mass is 376 g/mol. The average molecular weight is 376 g/mol. The molecule has 2 aromatic heterocycles. The van der Waals surface area contributed by atoms with Crippen molar-refractivity contribution >= 4 is 23.5 Å². The van der Waals surface area contributed by atoms with Crippen LogP contribution < -0.4 is 10.6 Å². The van der Waals surface area contributed by atoms with E-state index >= 15 is 0 Å². The number of hydrogen-bond acceptors (Lipinski definition) is 8. The van der Waals surface area contributed by atoms with Gasteiger partial charge in [0.25, 0.3) is 0 Å². The van der Waals surface area contributed by atoms with E-state index in [1.54, 1.807) is 26.0 Å². The summed E-state index contributed by atoms with van der Waals surface area (Å²) in [5, 5.41) is 13.0. The lowest BCUT2D eigenvalue weighted by molar-refractivity contribution is -0.120. The molecule has 0 bridgehead atoms. The van der Waals surface area contributed by atoms with Gasteiger partial charge in [-0.1, -0.05) is 10.3 Å². The van der Waals surface area contributed by atoms with Gasteiger partial charge in [-0.2, -0.15) is 0 Å². The number of hydrogen-bond donors (Lipinski definition) is 2. The third kappa shape index (κ3) is 5.38. The number of nitrogens with one attached hydrogen (secondary N) is 2. The van der Waals surface area contributed by atoms with Gasteiger partial charge >= 0.3 is 0 Å².